The highest BCUT2D eigenvalue weighted by molar-refractivity contribution is 9.10. The molecule has 0 bridgehead atoms. The Kier molecular flexibility index (Phi) is 6.22. The molecule has 0 radical (unpaired) electrons. The molecule has 1 aromatic rings. The van der Waals surface area contributed by atoms with Crippen molar-refractivity contribution in [3.05, 3.63) is 34.3 Å². The Balaban J connectivity index is 2.39. The third kappa shape index (κ3) is 5.84. The van der Waals surface area contributed by atoms with Crippen molar-refractivity contribution in [3.8, 4) is 0 Å². The van der Waals surface area contributed by atoms with E-state index in [-0.39, 0.29) is 18.6 Å². The number of hydrogen-bond donors (Lipinski definition) is 2. The zero-order valence-electron chi connectivity index (χ0n) is 9.95. The molecule has 0 fully saturated rings. The quantitative estimate of drug-likeness (QED) is 0.846. The monoisotopic (exact) mass is 299 g/mol. The number of aliphatic hydroxyl groups excluding tert-OH is 1. The first-order chi connectivity index (χ1) is 8.11. The van der Waals surface area contributed by atoms with Gasteiger partial charge in [0.05, 0.1) is 6.42 Å². The van der Waals surface area contributed by atoms with Gasteiger partial charge in [-0.05, 0) is 37.5 Å². The van der Waals surface area contributed by atoms with Crippen LogP contribution in [0.25, 0.3) is 0 Å². The number of halogens is 1. The predicted octanol–water partition coefficient (Wildman–Crippen LogP) is 2.27. The Morgan fingerprint density at radius 1 is 1.53 bits per heavy atom. The average Bonchev–Trinajstić information content (AvgIpc) is 2.26. The van der Waals surface area contributed by atoms with Crippen LogP contribution in [0.15, 0.2) is 28.7 Å². The molecule has 0 saturated heterocycles. The molecule has 0 spiro atoms. The van der Waals surface area contributed by atoms with Gasteiger partial charge in [0, 0.05) is 17.1 Å². The van der Waals surface area contributed by atoms with Crippen LogP contribution in [0.1, 0.15) is 25.3 Å². The van der Waals surface area contributed by atoms with Crippen LogP contribution in [0.4, 0.5) is 0 Å². The maximum atomic E-state index is 11.7. The lowest BCUT2D eigenvalue weighted by Gasteiger charge is -2.13. The van der Waals surface area contributed by atoms with E-state index in [2.05, 4.69) is 21.2 Å². The van der Waals surface area contributed by atoms with E-state index in [0.717, 1.165) is 22.9 Å². The Hall–Kier alpha value is -0.870. The number of hydrogen-bond acceptors (Lipinski definition) is 2. The van der Waals surface area contributed by atoms with Crippen LogP contribution >= 0.6 is 15.9 Å². The molecule has 1 amide bonds. The van der Waals surface area contributed by atoms with Gasteiger partial charge in [0.25, 0.3) is 0 Å². The molecule has 0 heterocycles. The molecule has 17 heavy (non-hydrogen) atoms. The summed E-state index contributed by atoms with van der Waals surface area (Å²) in [5.74, 6) is 0.0218. The van der Waals surface area contributed by atoms with Gasteiger partial charge in [-0.3, -0.25) is 4.79 Å². The lowest BCUT2D eigenvalue weighted by atomic mass is 10.1. The van der Waals surface area contributed by atoms with Crippen molar-refractivity contribution in [2.45, 2.75) is 32.2 Å². The van der Waals surface area contributed by atoms with E-state index in [1.54, 1.807) is 0 Å². The standard InChI is InChI=1S/C13H18BrNO2/c1-10(4-3-7-16)15-13(17)9-11-5-2-6-12(14)8-11/h2,5-6,8,10,16H,3-4,7,9H2,1H3,(H,15,17). The van der Waals surface area contributed by atoms with Gasteiger partial charge in [0.15, 0.2) is 0 Å². The third-order valence-electron chi connectivity index (χ3n) is 2.46. The molecule has 0 aliphatic rings. The summed E-state index contributed by atoms with van der Waals surface area (Å²) in [5.41, 5.74) is 0.992. The molecule has 2 N–H and O–H groups in total. The minimum Gasteiger partial charge on any atom is -0.396 e. The van der Waals surface area contributed by atoms with Gasteiger partial charge in [-0.25, -0.2) is 0 Å². The van der Waals surface area contributed by atoms with Crippen LogP contribution in [0.3, 0.4) is 0 Å². The van der Waals surface area contributed by atoms with E-state index >= 15 is 0 Å². The topological polar surface area (TPSA) is 49.3 Å². The Labute approximate surface area is 110 Å². The first-order valence-electron chi connectivity index (χ1n) is 5.76. The van der Waals surface area contributed by atoms with Gasteiger partial charge in [-0.15, -0.1) is 0 Å². The number of benzene rings is 1. The van der Waals surface area contributed by atoms with E-state index in [9.17, 15) is 4.79 Å². The fraction of sp³-hybridized carbons (Fsp3) is 0.462. The molecule has 94 valence electrons. The zero-order valence-corrected chi connectivity index (χ0v) is 11.5. The molecule has 0 saturated carbocycles. The molecule has 4 heteroatoms. The lowest BCUT2D eigenvalue weighted by Crippen LogP contribution is -2.33. The number of rotatable bonds is 6. The number of carbonyl (C=O) groups excluding carboxylic acids is 1. The first-order valence-corrected chi connectivity index (χ1v) is 6.56. The van der Waals surface area contributed by atoms with E-state index in [0.29, 0.717) is 6.42 Å². The van der Waals surface area contributed by atoms with Gasteiger partial charge in [-0.1, -0.05) is 28.1 Å². The molecule has 1 atom stereocenters. The molecule has 3 nitrogen and oxygen atoms in total. The van der Waals surface area contributed by atoms with Crippen molar-refractivity contribution in [2.75, 3.05) is 6.61 Å². The van der Waals surface area contributed by atoms with Crippen LogP contribution in [0.5, 0.6) is 0 Å². The van der Waals surface area contributed by atoms with Crippen molar-refractivity contribution in [1.29, 1.82) is 0 Å². The first kappa shape index (κ1) is 14.2. The summed E-state index contributed by atoms with van der Waals surface area (Å²) < 4.78 is 0.983. The second-order valence-electron chi connectivity index (χ2n) is 4.14. The largest absolute Gasteiger partial charge is 0.396 e. The van der Waals surface area contributed by atoms with Crippen molar-refractivity contribution < 1.29 is 9.90 Å². The maximum absolute atomic E-state index is 11.7. The summed E-state index contributed by atoms with van der Waals surface area (Å²) >= 11 is 3.38. The van der Waals surface area contributed by atoms with E-state index in [4.69, 9.17) is 5.11 Å². The van der Waals surface area contributed by atoms with Gasteiger partial charge < -0.3 is 10.4 Å². The number of aliphatic hydroxyl groups is 1. The minimum atomic E-state index is 0.0218. The summed E-state index contributed by atoms with van der Waals surface area (Å²) in [6.07, 6.45) is 1.92. The summed E-state index contributed by atoms with van der Waals surface area (Å²) in [4.78, 5) is 11.7. The van der Waals surface area contributed by atoms with E-state index in [1.165, 1.54) is 0 Å². The number of amides is 1. The highest BCUT2D eigenvalue weighted by Crippen LogP contribution is 2.12. The molecular weight excluding hydrogens is 282 g/mol. The van der Waals surface area contributed by atoms with Crippen LogP contribution in [-0.4, -0.2) is 23.7 Å². The molecule has 1 aromatic carbocycles. The molecule has 1 rings (SSSR count). The third-order valence-corrected chi connectivity index (χ3v) is 2.95. The second kappa shape index (κ2) is 7.45. The van der Waals surface area contributed by atoms with Gasteiger partial charge >= 0.3 is 0 Å². The van der Waals surface area contributed by atoms with Gasteiger partial charge in [0.1, 0.15) is 0 Å². The maximum Gasteiger partial charge on any atom is 0.224 e. The summed E-state index contributed by atoms with van der Waals surface area (Å²) in [6.45, 7) is 2.13. The van der Waals surface area contributed by atoms with E-state index < -0.39 is 0 Å². The van der Waals surface area contributed by atoms with Crippen LogP contribution in [0, 0.1) is 0 Å². The molecule has 0 aliphatic heterocycles. The van der Waals surface area contributed by atoms with Gasteiger partial charge in [-0.2, -0.15) is 0 Å². The molecular formula is C13H18BrNO2. The number of nitrogens with one attached hydrogen (secondary N) is 1. The van der Waals surface area contributed by atoms with Crippen LogP contribution in [-0.2, 0) is 11.2 Å². The van der Waals surface area contributed by atoms with Crippen molar-refractivity contribution in [1.82, 2.24) is 5.32 Å². The fourth-order valence-electron chi connectivity index (χ4n) is 1.63. The second-order valence-corrected chi connectivity index (χ2v) is 5.06. The molecule has 0 aromatic heterocycles. The number of carbonyl (C=O) groups is 1. The Morgan fingerprint density at radius 2 is 2.29 bits per heavy atom. The van der Waals surface area contributed by atoms with Crippen molar-refractivity contribution in [3.63, 3.8) is 0 Å². The summed E-state index contributed by atoms with van der Waals surface area (Å²) in [7, 11) is 0. The van der Waals surface area contributed by atoms with E-state index in [1.807, 2.05) is 31.2 Å². The SMILES string of the molecule is CC(CCCO)NC(=O)Cc1cccc(Br)c1. The van der Waals surface area contributed by atoms with Gasteiger partial charge in [0.2, 0.25) is 5.91 Å². The Bertz CT molecular complexity index is 368. The summed E-state index contributed by atoms with van der Waals surface area (Å²) in [5, 5.41) is 11.6. The highest BCUT2D eigenvalue weighted by Gasteiger charge is 2.07. The van der Waals surface area contributed by atoms with Crippen molar-refractivity contribution >= 4 is 21.8 Å². The smallest absolute Gasteiger partial charge is 0.224 e. The summed E-state index contributed by atoms with van der Waals surface area (Å²) in [6, 6.07) is 7.84. The van der Waals surface area contributed by atoms with Crippen LogP contribution in [0.2, 0.25) is 0 Å². The van der Waals surface area contributed by atoms with Crippen molar-refractivity contribution in [2.24, 2.45) is 0 Å². The van der Waals surface area contributed by atoms with Crippen LogP contribution < -0.4 is 5.32 Å². The average molecular weight is 300 g/mol. The zero-order chi connectivity index (χ0) is 12.7. The molecule has 0 aliphatic carbocycles. The normalized spacial score (nSPS) is 12.2. The fourth-order valence-corrected chi connectivity index (χ4v) is 2.07. The molecule has 1 unspecified atom stereocenters. The Morgan fingerprint density at radius 3 is 2.94 bits per heavy atom. The lowest BCUT2D eigenvalue weighted by molar-refractivity contribution is -0.121. The highest BCUT2D eigenvalue weighted by atomic mass is 79.9. The predicted molar refractivity (Wildman–Crippen MR) is 71.8 cm³/mol. The minimum absolute atomic E-state index is 0.0218.